The monoisotopic (exact) mass is 625 g/mol. The van der Waals surface area contributed by atoms with Crippen molar-refractivity contribution in [2.75, 3.05) is 6.61 Å². The number of hydrogen-bond donors (Lipinski definition) is 0. The van der Waals surface area contributed by atoms with Gasteiger partial charge in [0.25, 0.3) is 5.56 Å². The number of aryl methyl sites for hydroxylation is 1. The maximum atomic E-state index is 13.4. The highest BCUT2D eigenvalue weighted by molar-refractivity contribution is 9.10. The van der Waals surface area contributed by atoms with Crippen LogP contribution in [0.3, 0.4) is 0 Å². The summed E-state index contributed by atoms with van der Waals surface area (Å²) in [5, 5.41) is 5.09. The lowest BCUT2D eigenvalue weighted by Gasteiger charge is -2.15. The molecule has 0 unspecified atom stereocenters. The molecule has 1 aromatic heterocycles. The normalized spacial score (nSPS) is 12.3. The van der Waals surface area contributed by atoms with E-state index in [4.69, 9.17) is 14.5 Å². The van der Waals surface area contributed by atoms with Crippen molar-refractivity contribution in [3.63, 3.8) is 0 Å². The minimum absolute atomic E-state index is 0.0565. The number of aromatic nitrogens is 2. The van der Waals surface area contributed by atoms with Crippen LogP contribution in [0.2, 0.25) is 0 Å². The maximum absolute atomic E-state index is 13.4. The van der Waals surface area contributed by atoms with Crippen LogP contribution in [0.4, 0.5) is 0 Å². The predicted octanol–water partition coefficient (Wildman–Crippen LogP) is 7.60. The first-order valence-corrected chi connectivity index (χ1v) is 13.8. The van der Waals surface area contributed by atoms with Crippen LogP contribution in [0.25, 0.3) is 10.9 Å². The zero-order chi connectivity index (χ0) is 26.5. The van der Waals surface area contributed by atoms with Crippen LogP contribution in [0.15, 0.2) is 73.4 Å². The molecule has 0 amide bonds. The average molecular weight is 627 g/mol. The van der Waals surface area contributed by atoms with E-state index in [0.29, 0.717) is 41.4 Å². The van der Waals surface area contributed by atoms with Crippen LogP contribution >= 0.6 is 31.9 Å². The first-order valence-electron chi connectivity index (χ1n) is 12.2. The van der Waals surface area contributed by atoms with Gasteiger partial charge in [-0.15, -0.1) is 0 Å². The molecule has 0 bridgehead atoms. The molecule has 0 N–H and O–H groups in total. The molecule has 4 aromatic rings. The van der Waals surface area contributed by atoms with Crippen LogP contribution in [-0.2, 0) is 6.61 Å². The quantitative estimate of drug-likeness (QED) is 0.179. The van der Waals surface area contributed by atoms with E-state index in [1.165, 1.54) is 10.2 Å². The zero-order valence-corrected chi connectivity index (χ0v) is 24.5. The molecular weight excluding hydrogens is 598 g/mol. The van der Waals surface area contributed by atoms with E-state index in [0.717, 1.165) is 26.5 Å². The van der Waals surface area contributed by atoms with Crippen LogP contribution in [0.1, 0.15) is 55.6 Å². The second kappa shape index (κ2) is 12.0. The average Bonchev–Trinajstić information content (AvgIpc) is 2.87. The highest BCUT2D eigenvalue weighted by atomic mass is 79.9. The Kier molecular flexibility index (Phi) is 8.82. The van der Waals surface area contributed by atoms with Crippen molar-refractivity contribution < 1.29 is 9.47 Å². The number of nitrogens with zero attached hydrogens (tertiary/aromatic N) is 3. The second-order valence-corrected chi connectivity index (χ2v) is 10.6. The van der Waals surface area contributed by atoms with Crippen molar-refractivity contribution in [3.05, 3.63) is 96.4 Å². The van der Waals surface area contributed by atoms with Gasteiger partial charge >= 0.3 is 0 Å². The van der Waals surface area contributed by atoms with E-state index in [1.807, 2.05) is 50.2 Å². The molecule has 6 nitrogen and oxygen atoms in total. The highest BCUT2D eigenvalue weighted by Crippen LogP contribution is 2.37. The van der Waals surface area contributed by atoms with Crippen LogP contribution < -0.4 is 15.0 Å². The van der Waals surface area contributed by atoms with Gasteiger partial charge in [-0.25, -0.2) is 4.98 Å². The Bertz CT molecular complexity index is 1510. The molecule has 0 spiro atoms. The van der Waals surface area contributed by atoms with Crippen LogP contribution in [0, 0.1) is 6.92 Å². The van der Waals surface area contributed by atoms with E-state index in [1.54, 1.807) is 12.3 Å². The molecule has 0 fully saturated rings. The molecule has 0 saturated carbocycles. The van der Waals surface area contributed by atoms with Crippen molar-refractivity contribution in [1.29, 1.82) is 0 Å². The molecule has 0 aliphatic carbocycles. The first kappa shape index (κ1) is 27.1. The first-order chi connectivity index (χ1) is 17.8. The fourth-order valence-corrected chi connectivity index (χ4v) is 4.86. The maximum Gasteiger partial charge on any atom is 0.282 e. The fraction of sp³-hybridized carbons (Fsp3) is 0.276. The van der Waals surface area contributed by atoms with Gasteiger partial charge in [-0.1, -0.05) is 59.6 Å². The van der Waals surface area contributed by atoms with Gasteiger partial charge in [-0.2, -0.15) is 9.78 Å². The Hall–Kier alpha value is -2.97. The summed E-state index contributed by atoms with van der Waals surface area (Å²) in [5.74, 6) is 1.90. The summed E-state index contributed by atoms with van der Waals surface area (Å²) < 4.78 is 15.0. The molecule has 0 aliphatic rings. The van der Waals surface area contributed by atoms with E-state index in [2.05, 4.69) is 62.9 Å². The third kappa shape index (κ3) is 6.30. The lowest BCUT2D eigenvalue weighted by Crippen LogP contribution is -2.23. The molecular formula is C29H29Br2N3O3. The van der Waals surface area contributed by atoms with Gasteiger partial charge in [0, 0.05) is 10.4 Å². The number of benzene rings is 3. The zero-order valence-electron chi connectivity index (χ0n) is 21.3. The lowest BCUT2D eigenvalue weighted by atomic mass is 10.1. The fourth-order valence-electron chi connectivity index (χ4n) is 3.93. The van der Waals surface area contributed by atoms with Gasteiger partial charge in [0.1, 0.15) is 12.4 Å². The van der Waals surface area contributed by atoms with Gasteiger partial charge in [-0.05, 0) is 77.7 Å². The third-order valence-electron chi connectivity index (χ3n) is 6.01. The molecule has 4 rings (SSSR count). The number of rotatable bonds is 9. The Balaban J connectivity index is 1.71. The topological polar surface area (TPSA) is 65.7 Å². The van der Waals surface area contributed by atoms with Gasteiger partial charge in [0.15, 0.2) is 11.5 Å². The summed E-state index contributed by atoms with van der Waals surface area (Å²) in [6.45, 7) is 8.99. The van der Waals surface area contributed by atoms with E-state index >= 15 is 0 Å². The van der Waals surface area contributed by atoms with E-state index in [-0.39, 0.29) is 11.5 Å². The Morgan fingerprint density at radius 1 is 1.08 bits per heavy atom. The van der Waals surface area contributed by atoms with Crippen molar-refractivity contribution >= 4 is 49.0 Å². The van der Waals surface area contributed by atoms with Crippen molar-refractivity contribution in [2.45, 2.75) is 46.6 Å². The standard InChI is InChI=1S/C29H29Br2N3O3/c1-5-19(4)28-33-25-11-10-22(30)15-23(25)29(35)34(28)32-16-21-13-24(31)27(26(14-21)36-6-2)37-17-20-9-7-8-18(3)12-20/h7-16,19H,5-6,17H2,1-4H3/t19-/m1/s1. The Morgan fingerprint density at radius 3 is 2.62 bits per heavy atom. The van der Waals surface area contributed by atoms with Crippen molar-refractivity contribution in [2.24, 2.45) is 5.10 Å². The smallest absolute Gasteiger partial charge is 0.282 e. The van der Waals surface area contributed by atoms with Crippen molar-refractivity contribution in [1.82, 2.24) is 9.66 Å². The predicted molar refractivity (Wildman–Crippen MR) is 156 cm³/mol. The van der Waals surface area contributed by atoms with Gasteiger partial charge in [0.05, 0.1) is 28.2 Å². The minimum atomic E-state index is -0.208. The molecule has 0 aliphatic heterocycles. The van der Waals surface area contributed by atoms with Gasteiger partial charge < -0.3 is 9.47 Å². The minimum Gasteiger partial charge on any atom is -0.490 e. The van der Waals surface area contributed by atoms with E-state index in [9.17, 15) is 4.79 Å². The second-order valence-electron chi connectivity index (χ2n) is 8.84. The van der Waals surface area contributed by atoms with Crippen LogP contribution in [-0.4, -0.2) is 22.5 Å². The molecule has 1 heterocycles. The van der Waals surface area contributed by atoms with Gasteiger partial charge in [0.2, 0.25) is 0 Å². The molecule has 0 saturated heterocycles. The number of ether oxygens (including phenoxy) is 2. The summed E-state index contributed by atoms with van der Waals surface area (Å²) in [6.07, 6.45) is 2.48. The molecule has 3 aromatic carbocycles. The lowest BCUT2D eigenvalue weighted by molar-refractivity contribution is 0.267. The molecule has 37 heavy (non-hydrogen) atoms. The number of halogens is 2. The summed E-state index contributed by atoms with van der Waals surface area (Å²) in [5.41, 5.74) is 3.47. The number of hydrogen-bond acceptors (Lipinski definition) is 5. The summed E-state index contributed by atoms with van der Waals surface area (Å²) in [7, 11) is 0. The highest BCUT2D eigenvalue weighted by Gasteiger charge is 2.16. The molecule has 1 atom stereocenters. The molecule has 192 valence electrons. The summed E-state index contributed by atoms with van der Waals surface area (Å²) in [6, 6.07) is 17.5. The molecule has 0 radical (unpaired) electrons. The largest absolute Gasteiger partial charge is 0.490 e. The summed E-state index contributed by atoms with van der Waals surface area (Å²) >= 11 is 7.08. The molecule has 8 heteroatoms. The Morgan fingerprint density at radius 2 is 1.89 bits per heavy atom. The van der Waals surface area contributed by atoms with Crippen molar-refractivity contribution in [3.8, 4) is 11.5 Å². The van der Waals surface area contributed by atoms with Crippen LogP contribution in [0.5, 0.6) is 11.5 Å². The Labute approximate surface area is 233 Å². The SMILES string of the molecule is CCOc1cc(C=Nn2c([C@H](C)CC)nc3ccc(Br)cc3c2=O)cc(Br)c1OCc1cccc(C)c1. The van der Waals surface area contributed by atoms with E-state index < -0.39 is 0 Å². The van der Waals surface area contributed by atoms with Gasteiger partial charge in [-0.3, -0.25) is 4.79 Å². The number of fused-ring (bicyclic) bond motifs is 1. The third-order valence-corrected chi connectivity index (χ3v) is 7.09. The summed E-state index contributed by atoms with van der Waals surface area (Å²) in [4.78, 5) is 18.2.